The normalized spacial score (nSPS) is 11.9. The Labute approximate surface area is 218 Å². The average molecular weight is 514 g/mol. The topological polar surface area (TPSA) is 140 Å². The third-order valence-corrected chi connectivity index (χ3v) is 5.94. The Morgan fingerprint density at radius 2 is 1.97 bits per heavy atom. The maximum absolute atomic E-state index is 12.0. The van der Waals surface area contributed by atoms with Crippen molar-refractivity contribution in [2.24, 2.45) is 0 Å². The molecule has 0 fully saturated rings. The van der Waals surface area contributed by atoms with Crippen LogP contribution in [0.2, 0.25) is 0 Å². The fourth-order valence-corrected chi connectivity index (χ4v) is 4.23. The molecule has 5 aromatic rings. The molecule has 0 spiro atoms. The summed E-state index contributed by atoms with van der Waals surface area (Å²) in [6.07, 6.45) is 1.27. The number of fused-ring (bicyclic) bond motifs is 1. The smallest absolute Gasteiger partial charge is 0.341 e. The zero-order chi connectivity index (χ0) is 26.8. The van der Waals surface area contributed by atoms with Gasteiger partial charge in [-0.2, -0.15) is 10.1 Å². The maximum Gasteiger partial charge on any atom is 0.341 e. The van der Waals surface area contributed by atoms with Crippen molar-refractivity contribution in [3.63, 3.8) is 0 Å². The average Bonchev–Trinajstić information content (AvgIpc) is 3.45. The van der Waals surface area contributed by atoms with E-state index in [4.69, 9.17) is 9.15 Å². The fraction of sp³-hybridized carbons (Fsp3) is 0.222. The number of para-hydroxylation sites is 3. The molecule has 0 aliphatic heterocycles. The van der Waals surface area contributed by atoms with Crippen molar-refractivity contribution in [2.45, 2.75) is 33.4 Å². The number of aryl methyl sites for hydroxylation is 2. The Kier molecular flexibility index (Phi) is 6.65. The molecule has 0 bridgehead atoms. The van der Waals surface area contributed by atoms with E-state index in [1.165, 1.54) is 13.3 Å². The van der Waals surface area contributed by atoms with Gasteiger partial charge in [-0.1, -0.05) is 18.2 Å². The lowest BCUT2D eigenvalue weighted by molar-refractivity contribution is 0.0697. The van der Waals surface area contributed by atoms with Crippen LogP contribution in [0, 0.1) is 13.8 Å². The second-order valence-corrected chi connectivity index (χ2v) is 8.91. The van der Waals surface area contributed by atoms with Gasteiger partial charge < -0.3 is 24.9 Å². The highest BCUT2D eigenvalue weighted by Crippen LogP contribution is 2.38. The lowest BCUT2D eigenvalue weighted by atomic mass is 10.1. The molecule has 3 heterocycles. The highest BCUT2D eigenvalue weighted by molar-refractivity contribution is 5.94. The molecule has 11 nitrogen and oxygen atoms in total. The summed E-state index contributed by atoms with van der Waals surface area (Å²) in [5, 5.41) is 20.6. The van der Waals surface area contributed by atoms with E-state index in [0.717, 1.165) is 16.9 Å². The van der Waals surface area contributed by atoms with Crippen LogP contribution in [-0.4, -0.2) is 49.0 Å². The van der Waals surface area contributed by atoms with Gasteiger partial charge in [-0.15, -0.1) is 0 Å². The number of carboxylic acids is 1. The number of nitrogens with zero attached hydrogens (tertiary/aromatic N) is 5. The van der Waals surface area contributed by atoms with Crippen LogP contribution < -0.4 is 15.4 Å². The molecule has 1 unspecified atom stereocenters. The van der Waals surface area contributed by atoms with E-state index in [9.17, 15) is 9.90 Å². The molecule has 0 aliphatic rings. The quantitative estimate of drug-likeness (QED) is 0.245. The van der Waals surface area contributed by atoms with Gasteiger partial charge in [-0.25, -0.2) is 14.8 Å². The minimum absolute atomic E-state index is 0.0754. The summed E-state index contributed by atoms with van der Waals surface area (Å²) in [7, 11) is 1.53. The number of benzene rings is 2. The number of aromatic nitrogens is 5. The summed E-state index contributed by atoms with van der Waals surface area (Å²) < 4.78 is 13.5. The van der Waals surface area contributed by atoms with E-state index in [-0.39, 0.29) is 23.4 Å². The van der Waals surface area contributed by atoms with Crippen LogP contribution in [0.15, 0.2) is 59.1 Å². The third-order valence-electron chi connectivity index (χ3n) is 5.94. The van der Waals surface area contributed by atoms with E-state index in [2.05, 4.69) is 30.7 Å². The Morgan fingerprint density at radius 3 is 2.68 bits per heavy atom. The highest BCUT2D eigenvalue weighted by atomic mass is 16.5. The predicted molar refractivity (Wildman–Crippen MR) is 143 cm³/mol. The van der Waals surface area contributed by atoms with Crippen molar-refractivity contribution < 1.29 is 19.1 Å². The number of carbonyl (C=O) groups is 1. The molecule has 11 heteroatoms. The summed E-state index contributed by atoms with van der Waals surface area (Å²) >= 11 is 0. The van der Waals surface area contributed by atoms with E-state index in [0.29, 0.717) is 35.0 Å². The van der Waals surface area contributed by atoms with Crippen molar-refractivity contribution in [3.05, 3.63) is 71.7 Å². The summed E-state index contributed by atoms with van der Waals surface area (Å²) in [4.78, 5) is 25.2. The molecule has 0 aliphatic carbocycles. The Balaban J connectivity index is 1.45. The monoisotopic (exact) mass is 513 g/mol. The van der Waals surface area contributed by atoms with Gasteiger partial charge in [0.25, 0.3) is 0 Å². The lowest BCUT2D eigenvalue weighted by Gasteiger charge is -2.17. The number of oxazole rings is 1. The van der Waals surface area contributed by atoms with Crippen molar-refractivity contribution >= 4 is 34.5 Å². The standard InChI is InChI=1S/C27H27N7O4/c1-15-12-17(3)34(33-15)14-16(2)29-27-28-13-19(26(35)36)24(32-27)30-21-10-7-8-18(23(21)37-4)25-31-20-9-5-6-11-22(20)38-25/h5-13,16H,14H2,1-4H3,(H,35,36)(H2,28,29,30,32). The summed E-state index contributed by atoms with van der Waals surface area (Å²) in [6, 6.07) is 14.8. The van der Waals surface area contributed by atoms with Crippen LogP contribution in [0.1, 0.15) is 28.7 Å². The van der Waals surface area contributed by atoms with Crippen molar-refractivity contribution in [1.82, 2.24) is 24.7 Å². The Bertz CT molecular complexity index is 1590. The van der Waals surface area contributed by atoms with Crippen LogP contribution >= 0.6 is 0 Å². The van der Waals surface area contributed by atoms with Crippen molar-refractivity contribution in [3.8, 4) is 17.2 Å². The lowest BCUT2D eigenvalue weighted by Crippen LogP contribution is -2.24. The van der Waals surface area contributed by atoms with Crippen molar-refractivity contribution in [1.29, 1.82) is 0 Å². The van der Waals surface area contributed by atoms with Crippen LogP contribution in [0.5, 0.6) is 5.75 Å². The maximum atomic E-state index is 12.0. The molecule has 0 radical (unpaired) electrons. The first-order valence-corrected chi connectivity index (χ1v) is 12.0. The first kappa shape index (κ1) is 24.8. The molecular formula is C27H27N7O4. The van der Waals surface area contributed by atoms with Gasteiger partial charge in [0.05, 0.1) is 30.6 Å². The number of carboxylic acid groups (broad SMARTS) is 1. The van der Waals surface area contributed by atoms with Gasteiger partial charge in [-0.3, -0.25) is 4.68 Å². The minimum atomic E-state index is -1.16. The van der Waals surface area contributed by atoms with Gasteiger partial charge in [0.15, 0.2) is 17.2 Å². The van der Waals surface area contributed by atoms with E-state index >= 15 is 0 Å². The second kappa shape index (κ2) is 10.2. The molecule has 2 aromatic carbocycles. The van der Waals surface area contributed by atoms with Crippen LogP contribution in [0.25, 0.3) is 22.6 Å². The number of ether oxygens (including phenoxy) is 1. The number of methoxy groups -OCH3 is 1. The summed E-state index contributed by atoms with van der Waals surface area (Å²) in [5.74, 6) is 0.0420. The van der Waals surface area contributed by atoms with Crippen molar-refractivity contribution in [2.75, 3.05) is 17.7 Å². The zero-order valence-electron chi connectivity index (χ0n) is 21.4. The molecule has 0 saturated carbocycles. The van der Waals surface area contributed by atoms with E-state index in [1.54, 1.807) is 12.1 Å². The second-order valence-electron chi connectivity index (χ2n) is 8.91. The molecule has 3 aromatic heterocycles. The molecule has 1 atom stereocenters. The van der Waals surface area contributed by atoms with Gasteiger partial charge >= 0.3 is 5.97 Å². The van der Waals surface area contributed by atoms with Crippen LogP contribution in [0.4, 0.5) is 17.5 Å². The van der Waals surface area contributed by atoms with Gasteiger partial charge in [0.1, 0.15) is 11.1 Å². The fourth-order valence-electron chi connectivity index (χ4n) is 4.23. The summed E-state index contributed by atoms with van der Waals surface area (Å²) in [6.45, 7) is 6.51. The number of aromatic carboxylic acids is 1. The molecule has 38 heavy (non-hydrogen) atoms. The number of rotatable bonds is 9. The number of anilines is 3. The molecule has 194 valence electrons. The van der Waals surface area contributed by atoms with Gasteiger partial charge in [0, 0.05) is 17.9 Å². The number of hydrogen-bond acceptors (Lipinski definition) is 9. The molecule has 5 rings (SSSR count). The van der Waals surface area contributed by atoms with Crippen LogP contribution in [-0.2, 0) is 6.54 Å². The molecule has 0 amide bonds. The largest absolute Gasteiger partial charge is 0.494 e. The first-order valence-electron chi connectivity index (χ1n) is 12.0. The Morgan fingerprint density at radius 1 is 1.16 bits per heavy atom. The summed E-state index contributed by atoms with van der Waals surface area (Å²) in [5.41, 5.74) is 4.38. The van der Waals surface area contributed by atoms with E-state index in [1.807, 2.05) is 61.9 Å². The Hall–Kier alpha value is -4.93. The molecule has 3 N–H and O–H groups in total. The molecule has 0 saturated heterocycles. The van der Waals surface area contributed by atoms with E-state index < -0.39 is 5.97 Å². The SMILES string of the molecule is COc1c(Nc2nc(NC(C)Cn3nc(C)cc3C)ncc2C(=O)O)cccc1-c1nc2ccccc2o1. The first-order chi connectivity index (χ1) is 18.3. The molecular weight excluding hydrogens is 486 g/mol. The number of hydrogen-bond donors (Lipinski definition) is 3. The van der Waals surface area contributed by atoms with Gasteiger partial charge in [-0.05, 0) is 51.1 Å². The highest BCUT2D eigenvalue weighted by Gasteiger charge is 2.20. The van der Waals surface area contributed by atoms with Gasteiger partial charge in [0.2, 0.25) is 11.8 Å². The third kappa shape index (κ3) is 4.99. The van der Waals surface area contributed by atoms with Crippen LogP contribution in [0.3, 0.4) is 0 Å². The minimum Gasteiger partial charge on any atom is -0.494 e. The zero-order valence-corrected chi connectivity index (χ0v) is 21.4. The predicted octanol–water partition coefficient (Wildman–Crippen LogP) is 5.05. The number of nitrogens with one attached hydrogen (secondary N) is 2.